The monoisotopic (exact) mass is 252 g/mol. The fourth-order valence-electron chi connectivity index (χ4n) is 2.54. The minimum absolute atomic E-state index is 0.616. The molecule has 2 heteroatoms. The second kappa shape index (κ2) is 5.06. The zero-order valence-electron chi connectivity index (χ0n) is 11.3. The first-order valence-electron chi connectivity index (χ1n) is 6.87. The predicted octanol–water partition coefficient (Wildman–Crippen LogP) is 3.22. The van der Waals surface area contributed by atoms with E-state index in [0.717, 1.165) is 17.8 Å². The number of hydrogen-bond acceptors (Lipinski definition) is 2. The molecular weight excluding hydrogens is 232 g/mol. The van der Waals surface area contributed by atoms with Crippen LogP contribution in [0.2, 0.25) is 0 Å². The van der Waals surface area contributed by atoms with E-state index in [4.69, 9.17) is 5.73 Å². The maximum Gasteiger partial charge on any atom is 0.0346 e. The lowest BCUT2D eigenvalue weighted by molar-refractivity contribution is 0.673. The minimum Gasteiger partial charge on any atom is -0.399 e. The third-order valence-electron chi connectivity index (χ3n) is 3.93. The number of hydrogen-bond donors (Lipinski definition) is 2. The summed E-state index contributed by atoms with van der Waals surface area (Å²) in [6.07, 6.45) is 1.24. The molecule has 98 valence electrons. The Hall–Kier alpha value is -1.80. The number of anilines is 1. The van der Waals surface area contributed by atoms with Gasteiger partial charge in [0.1, 0.15) is 0 Å². The molecule has 3 N–H and O–H groups in total. The van der Waals surface area contributed by atoms with Gasteiger partial charge in [-0.15, -0.1) is 0 Å². The molecule has 0 spiro atoms. The molecule has 19 heavy (non-hydrogen) atoms. The van der Waals surface area contributed by atoms with E-state index in [2.05, 4.69) is 53.8 Å². The largest absolute Gasteiger partial charge is 0.399 e. The number of rotatable bonds is 4. The molecule has 3 rings (SSSR count). The van der Waals surface area contributed by atoms with Crippen molar-refractivity contribution in [1.82, 2.24) is 5.32 Å². The van der Waals surface area contributed by atoms with Gasteiger partial charge < -0.3 is 11.1 Å². The van der Waals surface area contributed by atoms with Crippen LogP contribution in [0.5, 0.6) is 0 Å². The number of nitrogens with one attached hydrogen (secondary N) is 1. The first kappa shape index (κ1) is 12.2. The summed E-state index contributed by atoms with van der Waals surface area (Å²) in [7, 11) is 0. The van der Waals surface area contributed by atoms with Crippen molar-refractivity contribution in [1.29, 1.82) is 0 Å². The van der Waals surface area contributed by atoms with Gasteiger partial charge in [-0.3, -0.25) is 0 Å². The molecule has 2 nitrogen and oxygen atoms in total. The van der Waals surface area contributed by atoms with E-state index in [-0.39, 0.29) is 0 Å². The van der Waals surface area contributed by atoms with E-state index in [1.165, 1.54) is 17.5 Å². The molecule has 1 saturated carbocycles. The Morgan fingerprint density at radius 3 is 2.68 bits per heavy atom. The maximum atomic E-state index is 5.93. The molecule has 2 unspecified atom stereocenters. The van der Waals surface area contributed by atoms with Crippen LogP contribution in [0.1, 0.15) is 29.0 Å². The SMILES string of the molecule is Cc1ccc(CNC2CC2c2ccccc2)cc1N. The van der Waals surface area contributed by atoms with Crippen molar-refractivity contribution in [2.24, 2.45) is 0 Å². The molecule has 1 aliphatic rings. The third-order valence-corrected chi connectivity index (χ3v) is 3.93. The Morgan fingerprint density at radius 2 is 1.95 bits per heavy atom. The molecule has 0 amide bonds. The number of benzene rings is 2. The highest BCUT2D eigenvalue weighted by molar-refractivity contribution is 5.48. The Balaban J connectivity index is 1.56. The lowest BCUT2D eigenvalue weighted by Crippen LogP contribution is -2.17. The second-order valence-electron chi connectivity index (χ2n) is 5.43. The molecule has 1 fully saturated rings. The van der Waals surface area contributed by atoms with Gasteiger partial charge in [0.15, 0.2) is 0 Å². The van der Waals surface area contributed by atoms with E-state index < -0.39 is 0 Å². The van der Waals surface area contributed by atoms with E-state index in [1.807, 2.05) is 6.92 Å². The van der Waals surface area contributed by atoms with Gasteiger partial charge in [-0.25, -0.2) is 0 Å². The van der Waals surface area contributed by atoms with E-state index >= 15 is 0 Å². The highest BCUT2D eigenvalue weighted by Crippen LogP contribution is 2.40. The Bertz CT molecular complexity index is 563. The summed E-state index contributed by atoms with van der Waals surface area (Å²) in [5.74, 6) is 0.684. The van der Waals surface area contributed by atoms with Crippen LogP contribution in [0.25, 0.3) is 0 Å². The maximum absolute atomic E-state index is 5.93. The summed E-state index contributed by atoms with van der Waals surface area (Å²) in [5, 5.41) is 3.61. The lowest BCUT2D eigenvalue weighted by atomic mass is 10.1. The molecule has 1 aliphatic carbocycles. The van der Waals surface area contributed by atoms with Crippen LogP contribution in [0.4, 0.5) is 5.69 Å². The van der Waals surface area contributed by atoms with Crippen LogP contribution in [0, 0.1) is 6.92 Å². The summed E-state index contributed by atoms with van der Waals surface area (Å²) in [6.45, 7) is 2.94. The fourth-order valence-corrected chi connectivity index (χ4v) is 2.54. The zero-order valence-corrected chi connectivity index (χ0v) is 11.3. The predicted molar refractivity (Wildman–Crippen MR) is 80.0 cm³/mol. The van der Waals surface area contributed by atoms with Crippen LogP contribution in [0.3, 0.4) is 0 Å². The van der Waals surface area contributed by atoms with Gasteiger partial charge in [0.05, 0.1) is 0 Å². The van der Waals surface area contributed by atoms with Crippen molar-refractivity contribution in [3.63, 3.8) is 0 Å². The van der Waals surface area contributed by atoms with E-state index in [9.17, 15) is 0 Å². The average molecular weight is 252 g/mol. The van der Waals surface area contributed by atoms with Crippen LogP contribution >= 0.6 is 0 Å². The quantitative estimate of drug-likeness (QED) is 0.820. The summed E-state index contributed by atoms with van der Waals surface area (Å²) >= 11 is 0. The second-order valence-corrected chi connectivity index (χ2v) is 5.43. The van der Waals surface area contributed by atoms with Crippen molar-refractivity contribution in [3.8, 4) is 0 Å². The summed E-state index contributed by atoms with van der Waals surface area (Å²) < 4.78 is 0. The summed E-state index contributed by atoms with van der Waals surface area (Å²) in [4.78, 5) is 0. The lowest BCUT2D eigenvalue weighted by Gasteiger charge is -2.07. The van der Waals surface area contributed by atoms with Crippen LogP contribution < -0.4 is 11.1 Å². The standard InChI is InChI=1S/C17H20N2/c1-12-7-8-13(9-16(12)18)11-19-17-10-15(17)14-5-3-2-4-6-14/h2-9,15,17,19H,10-11,18H2,1H3. The van der Waals surface area contributed by atoms with Crippen LogP contribution in [0.15, 0.2) is 48.5 Å². The van der Waals surface area contributed by atoms with Gasteiger partial charge in [0.2, 0.25) is 0 Å². The highest BCUT2D eigenvalue weighted by atomic mass is 15.0. The first-order chi connectivity index (χ1) is 9.24. The molecule has 0 heterocycles. The Kier molecular flexibility index (Phi) is 3.26. The molecule has 0 radical (unpaired) electrons. The highest BCUT2D eigenvalue weighted by Gasteiger charge is 2.37. The zero-order chi connectivity index (χ0) is 13.2. The van der Waals surface area contributed by atoms with Crippen LogP contribution in [-0.4, -0.2) is 6.04 Å². The van der Waals surface area contributed by atoms with Crippen molar-refractivity contribution in [3.05, 3.63) is 65.2 Å². The molecular formula is C17H20N2. The summed E-state index contributed by atoms with van der Waals surface area (Å²) in [5.41, 5.74) is 10.7. The van der Waals surface area contributed by atoms with Gasteiger partial charge in [-0.2, -0.15) is 0 Å². The van der Waals surface area contributed by atoms with E-state index in [0.29, 0.717) is 12.0 Å². The third kappa shape index (κ3) is 2.79. The van der Waals surface area contributed by atoms with Gasteiger partial charge in [-0.05, 0) is 36.1 Å². The fraction of sp³-hybridized carbons (Fsp3) is 0.294. The van der Waals surface area contributed by atoms with Crippen molar-refractivity contribution < 1.29 is 0 Å². The van der Waals surface area contributed by atoms with Gasteiger partial charge in [-0.1, -0.05) is 42.5 Å². The van der Waals surface area contributed by atoms with Gasteiger partial charge in [0.25, 0.3) is 0 Å². The summed E-state index contributed by atoms with van der Waals surface area (Å²) in [6, 6.07) is 17.7. The normalized spacial score (nSPS) is 21.3. The van der Waals surface area contributed by atoms with Crippen molar-refractivity contribution in [2.45, 2.75) is 31.8 Å². The van der Waals surface area contributed by atoms with Crippen molar-refractivity contribution in [2.75, 3.05) is 5.73 Å². The number of nitrogens with two attached hydrogens (primary N) is 1. The number of aryl methyl sites for hydroxylation is 1. The Labute approximate surface area is 114 Å². The molecule has 2 aromatic rings. The molecule has 0 bridgehead atoms. The smallest absolute Gasteiger partial charge is 0.0346 e. The first-order valence-corrected chi connectivity index (χ1v) is 6.87. The molecule has 2 atom stereocenters. The molecule has 2 aromatic carbocycles. The molecule has 0 saturated heterocycles. The molecule has 0 aromatic heterocycles. The average Bonchev–Trinajstić information content (AvgIpc) is 3.21. The molecule has 0 aliphatic heterocycles. The van der Waals surface area contributed by atoms with E-state index in [1.54, 1.807) is 0 Å². The van der Waals surface area contributed by atoms with Gasteiger partial charge in [0, 0.05) is 24.2 Å². The van der Waals surface area contributed by atoms with Crippen LogP contribution in [-0.2, 0) is 6.54 Å². The minimum atomic E-state index is 0.616. The Morgan fingerprint density at radius 1 is 1.16 bits per heavy atom. The van der Waals surface area contributed by atoms with Gasteiger partial charge >= 0.3 is 0 Å². The topological polar surface area (TPSA) is 38.0 Å². The number of nitrogen functional groups attached to an aromatic ring is 1. The van der Waals surface area contributed by atoms with Crippen molar-refractivity contribution >= 4 is 5.69 Å².